The predicted octanol–water partition coefficient (Wildman–Crippen LogP) is 3.53. The van der Waals surface area contributed by atoms with Crippen LogP contribution in [0.1, 0.15) is 39.5 Å². The van der Waals surface area contributed by atoms with Gasteiger partial charge in [0.1, 0.15) is 5.56 Å². The third-order valence-electron chi connectivity index (χ3n) is 4.47. The minimum atomic E-state index is -0.523. The van der Waals surface area contributed by atoms with E-state index in [9.17, 15) is 9.59 Å². The summed E-state index contributed by atoms with van der Waals surface area (Å²) in [5.74, 6) is -0.523. The summed E-state index contributed by atoms with van der Waals surface area (Å²) in [6.45, 7) is 4.51. The Hall–Kier alpha value is -3.47. The largest absolute Gasteiger partial charge is 0.310 e. The molecule has 0 aliphatic rings. The fourth-order valence-electron chi connectivity index (χ4n) is 2.91. The van der Waals surface area contributed by atoms with Crippen LogP contribution in [0.5, 0.6) is 0 Å². The lowest BCUT2D eigenvalue weighted by molar-refractivity contribution is 0.0953. The Labute approximate surface area is 164 Å². The van der Waals surface area contributed by atoms with E-state index >= 15 is 0 Å². The van der Waals surface area contributed by atoms with Gasteiger partial charge in [0.05, 0.1) is 12.8 Å². The van der Waals surface area contributed by atoms with Crippen molar-refractivity contribution in [3.05, 3.63) is 105 Å². The number of aryl methyl sites for hydroxylation is 2. The first kappa shape index (κ1) is 19.3. The van der Waals surface area contributed by atoms with Gasteiger partial charge in [-0.05, 0) is 42.2 Å². The lowest BCUT2D eigenvalue weighted by atomic mass is 10.1. The molecule has 0 aliphatic heterocycles. The van der Waals surface area contributed by atoms with Gasteiger partial charge in [0.2, 0.25) is 0 Å². The summed E-state index contributed by atoms with van der Waals surface area (Å²) >= 11 is 0. The first-order valence-corrected chi connectivity index (χ1v) is 9.24. The van der Waals surface area contributed by atoms with Crippen LogP contribution in [0.15, 0.2) is 76.8 Å². The van der Waals surface area contributed by atoms with Crippen molar-refractivity contribution in [2.45, 2.75) is 26.8 Å². The monoisotopic (exact) mass is 373 g/mol. The molecule has 3 rings (SSSR count). The van der Waals surface area contributed by atoms with E-state index in [2.05, 4.69) is 17.5 Å². The number of pyridine rings is 1. The van der Waals surface area contributed by atoms with Crippen LogP contribution >= 0.6 is 0 Å². The zero-order valence-corrected chi connectivity index (χ0v) is 16.1. The standard InChI is InChI=1S/C23H23N3O2/c1-3-18-9-11-19(12-10-18)15-24-25-22(27)21-8-5-13-26(23(21)28)16-20-7-4-6-17(2)14-20/h4-15H,3,16H2,1-2H3,(H,25,27)/b24-15-. The number of carbonyl (C=O) groups excluding carboxylic acids is 1. The topological polar surface area (TPSA) is 63.5 Å². The fraction of sp³-hybridized carbons (Fsp3) is 0.174. The zero-order valence-electron chi connectivity index (χ0n) is 16.1. The van der Waals surface area contributed by atoms with Gasteiger partial charge in [-0.1, -0.05) is 61.0 Å². The molecule has 2 aromatic carbocycles. The van der Waals surface area contributed by atoms with Crippen LogP contribution in [0.3, 0.4) is 0 Å². The van der Waals surface area contributed by atoms with E-state index in [4.69, 9.17) is 0 Å². The molecule has 3 aromatic rings. The number of aromatic nitrogens is 1. The second-order valence-corrected chi connectivity index (χ2v) is 6.64. The number of rotatable bonds is 6. The highest BCUT2D eigenvalue weighted by molar-refractivity contribution is 5.94. The minimum absolute atomic E-state index is 0.0635. The molecule has 0 bridgehead atoms. The second-order valence-electron chi connectivity index (χ2n) is 6.64. The second kappa shape index (κ2) is 8.95. The number of benzene rings is 2. The highest BCUT2D eigenvalue weighted by Gasteiger charge is 2.11. The molecule has 0 saturated heterocycles. The molecule has 0 radical (unpaired) electrons. The SMILES string of the molecule is CCc1ccc(/C=N\NC(=O)c2cccn(Cc3cccc(C)c3)c2=O)cc1. The molecular weight excluding hydrogens is 350 g/mol. The molecule has 1 heterocycles. The molecular formula is C23H23N3O2. The molecule has 0 fully saturated rings. The summed E-state index contributed by atoms with van der Waals surface area (Å²) in [5, 5.41) is 3.97. The van der Waals surface area contributed by atoms with Gasteiger partial charge < -0.3 is 4.57 Å². The summed E-state index contributed by atoms with van der Waals surface area (Å²) in [5.41, 5.74) is 6.40. The predicted molar refractivity (Wildman–Crippen MR) is 112 cm³/mol. The number of nitrogens with one attached hydrogen (secondary N) is 1. The van der Waals surface area contributed by atoms with E-state index in [-0.39, 0.29) is 11.1 Å². The summed E-state index contributed by atoms with van der Waals surface area (Å²) in [6, 6.07) is 19.0. The van der Waals surface area contributed by atoms with Crippen LogP contribution < -0.4 is 11.0 Å². The van der Waals surface area contributed by atoms with Crippen LogP contribution in [-0.4, -0.2) is 16.7 Å². The molecule has 142 valence electrons. The summed E-state index contributed by atoms with van der Waals surface area (Å²) in [7, 11) is 0. The van der Waals surface area contributed by atoms with Crippen LogP contribution in [0.2, 0.25) is 0 Å². The fourth-order valence-corrected chi connectivity index (χ4v) is 2.91. The normalized spacial score (nSPS) is 10.9. The van der Waals surface area contributed by atoms with Gasteiger partial charge in [-0.2, -0.15) is 5.10 Å². The van der Waals surface area contributed by atoms with E-state index < -0.39 is 5.91 Å². The van der Waals surface area contributed by atoms with Crippen molar-refractivity contribution in [2.75, 3.05) is 0 Å². The molecule has 5 heteroatoms. The molecule has 1 aromatic heterocycles. The first-order valence-electron chi connectivity index (χ1n) is 9.24. The molecule has 0 unspecified atom stereocenters. The number of carbonyl (C=O) groups is 1. The summed E-state index contributed by atoms with van der Waals surface area (Å²) in [6.07, 6.45) is 4.21. The van der Waals surface area contributed by atoms with Crippen molar-refractivity contribution in [1.29, 1.82) is 0 Å². The maximum Gasteiger partial charge on any atom is 0.276 e. The van der Waals surface area contributed by atoms with Crippen molar-refractivity contribution >= 4 is 12.1 Å². The van der Waals surface area contributed by atoms with Crippen molar-refractivity contribution in [2.24, 2.45) is 5.10 Å². The van der Waals surface area contributed by atoms with E-state index in [1.165, 1.54) is 16.2 Å². The highest BCUT2D eigenvalue weighted by atomic mass is 16.2. The molecule has 0 spiro atoms. The average Bonchev–Trinajstić information content (AvgIpc) is 2.70. The molecule has 1 N–H and O–H groups in total. The van der Waals surface area contributed by atoms with Gasteiger partial charge in [0.25, 0.3) is 11.5 Å². The zero-order chi connectivity index (χ0) is 19.9. The van der Waals surface area contributed by atoms with Gasteiger partial charge in [-0.25, -0.2) is 5.43 Å². The van der Waals surface area contributed by atoms with Crippen molar-refractivity contribution < 1.29 is 4.79 Å². The lowest BCUT2D eigenvalue weighted by Gasteiger charge is -2.08. The molecule has 0 atom stereocenters. The van der Waals surface area contributed by atoms with Gasteiger partial charge in [0, 0.05) is 6.20 Å². The molecule has 0 saturated carbocycles. The van der Waals surface area contributed by atoms with Gasteiger partial charge in [-0.3, -0.25) is 9.59 Å². The van der Waals surface area contributed by atoms with Crippen LogP contribution in [-0.2, 0) is 13.0 Å². The summed E-state index contributed by atoms with van der Waals surface area (Å²) < 4.78 is 1.52. The van der Waals surface area contributed by atoms with Crippen LogP contribution in [0, 0.1) is 6.92 Å². The van der Waals surface area contributed by atoms with Crippen molar-refractivity contribution in [3.8, 4) is 0 Å². The van der Waals surface area contributed by atoms with E-state index in [0.29, 0.717) is 6.54 Å². The number of amides is 1. The van der Waals surface area contributed by atoms with Gasteiger partial charge >= 0.3 is 0 Å². The third-order valence-corrected chi connectivity index (χ3v) is 4.47. The molecule has 1 amide bonds. The molecule has 0 aliphatic carbocycles. The molecule has 5 nitrogen and oxygen atoms in total. The Balaban J connectivity index is 1.71. The van der Waals surface area contributed by atoms with Gasteiger partial charge in [-0.15, -0.1) is 0 Å². The average molecular weight is 373 g/mol. The van der Waals surface area contributed by atoms with Crippen LogP contribution in [0.4, 0.5) is 0 Å². The van der Waals surface area contributed by atoms with E-state index in [1.54, 1.807) is 18.5 Å². The van der Waals surface area contributed by atoms with Crippen LogP contribution in [0.25, 0.3) is 0 Å². The van der Waals surface area contributed by atoms with E-state index in [0.717, 1.165) is 23.1 Å². The molecule has 28 heavy (non-hydrogen) atoms. The number of hydrogen-bond donors (Lipinski definition) is 1. The van der Waals surface area contributed by atoms with Crippen molar-refractivity contribution in [3.63, 3.8) is 0 Å². The Morgan fingerprint density at radius 2 is 1.86 bits per heavy atom. The quantitative estimate of drug-likeness (QED) is 0.531. The Morgan fingerprint density at radius 1 is 1.07 bits per heavy atom. The lowest BCUT2D eigenvalue weighted by Crippen LogP contribution is -2.30. The Bertz CT molecular complexity index is 1050. The van der Waals surface area contributed by atoms with E-state index in [1.807, 2.05) is 55.5 Å². The maximum absolute atomic E-state index is 12.7. The highest BCUT2D eigenvalue weighted by Crippen LogP contribution is 2.06. The number of nitrogens with zero attached hydrogens (tertiary/aromatic N) is 2. The maximum atomic E-state index is 12.7. The third kappa shape index (κ3) is 4.82. The van der Waals surface area contributed by atoms with Crippen molar-refractivity contribution in [1.82, 2.24) is 9.99 Å². The number of hydrogen-bond acceptors (Lipinski definition) is 3. The van der Waals surface area contributed by atoms with Gasteiger partial charge in [0.15, 0.2) is 0 Å². The Morgan fingerprint density at radius 3 is 2.57 bits per heavy atom. The summed E-state index contributed by atoms with van der Waals surface area (Å²) in [4.78, 5) is 25.0. The Kier molecular flexibility index (Phi) is 6.17. The minimum Gasteiger partial charge on any atom is -0.310 e. The first-order chi connectivity index (χ1) is 13.6. The number of hydrazone groups is 1. The smallest absolute Gasteiger partial charge is 0.276 e.